The Balaban J connectivity index is 1.79. The molecule has 0 bridgehead atoms. The largest absolute Gasteiger partial charge is 0.491 e. The van der Waals surface area contributed by atoms with Crippen LogP contribution in [-0.4, -0.2) is 30.6 Å². The van der Waals surface area contributed by atoms with E-state index in [1.54, 1.807) is 18.2 Å². The summed E-state index contributed by atoms with van der Waals surface area (Å²) in [5, 5.41) is 4.37. The molecule has 0 saturated carbocycles. The number of sulfonamides is 1. The van der Waals surface area contributed by atoms with Gasteiger partial charge >= 0.3 is 0 Å². The summed E-state index contributed by atoms with van der Waals surface area (Å²) in [7, 11) is -3.54. The zero-order valence-corrected chi connectivity index (χ0v) is 13.8. The molecule has 0 unspecified atom stereocenters. The van der Waals surface area contributed by atoms with E-state index in [0.717, 1.165) is 11.4 Å². The van der Waals surface area contributed by atoms with Crippen LogP contribution in [-0.2, 0) is 22.3 Å². The second kappa shape index (κ2) is 5.69. The van der Waals surface area contributed by atoms with Gasteiger partial charge in [0.2, 0.25) is 0 Å². The molecule has 8 heteroatoms. The minimum Gasteiger partial charge on any atom is -0.491 e. The highest BCUT2D eigenvalue weighted by molar-refractivity contribution is 7.89. The molecule has 2 N–H and O–H groups in total. The predicted octanol–water partition coefficient (Wildman–Crippen LogP) is 1.13. The normalized spacial score (nSPS) is 15.8. The maximum absolute atomic E-state index is 11.7. The lowest BCUT2D eigenvalue weighted by molar-refractivity contribution is 0.289. The molecule has 1 aliphatic heterocycles. The average Bonchev–Trinajstić information content (AvgIpc) is 2.75. The smallest absolute Gasteiger partial charge is 0.259 e. The van der Waals surface area contributed by atoms with Gasteiger partial charge in [-0.15, -0.1) is 4.40 Å². The molecule has 0 saturated heterocycles. The first kappa shape index (κ1) is 15.5. The van der Waals surface area contributed by atoms with Crippen LogP contribution < -0.4 is 10.5 Å². The number of ether oxygens (including phenoxy) is 1. The van der Waals surface area contributed by atoms with Gasteiger partial charge in [0, 0.05) is 5.69 Å². The molecule has 0 radical (unpaired) electrons. The maximum Gasteiger partial charge on any atom is 0.259 e. The van der Waals surface area contributed by atoms with Crippen molar-refractivity contribution in [3.05, 3.63) is 46.8 Å². The van der Waals surface area contributed by atoms with Crippen molar-refractivity contribution in [1.82, 2.24) is 9.78 Å². The summed E-state index contributed by atoms with van der Waals surface area (Å²) >= 11 is 0. The fourth-order valence-electron chi connectivity index (χ4n) is 2.68. The number of aromatic nitrogens is 2. The summed E-state index contributed by atoms with van der Waals surface area (Å²) in [5.41, 5.74) is 9.01. The SMILES string of the molecule is Cc1cc(C)n(CCOc2cccc3c2C(N)=NS(=O)(=O)C3)n1. The van der Waals surface area contributed by atoms with Gasteiger partial charge in [0.1, 0.15) is 18.2 Å². The molecule has 0 atom stereocenters. The predicted molar refractivity (Wildman–Crippen MR) is 87.0 cm³/mol. The minimum atomic E-state index is -3.54. The number of nitrogens with zero attached hydrogens (tertiary/aromatic N) is 3. The minimum absolute atomic E-state index is 0.0204. The highest BCUT2D eigenvalue weighted by Crippen LogP contribution is 2.28. The molecule has 122 valence electrons. The Morgan fingerprint density at radius 2 is 2.13 bits per heavy atom. The first-order valence-corrected chi connectivity index (χ1v) is 8.81. The Kier molecular flexibility index (Phi) is 3.85. The van der Waals surface area contributed by atoms with Crippen molar-refractivity contribution in [1.29, 1.82) is 0 Å². The van der Waals surface area contributed by atoms with Crippen LogP contribution in [0.2, 0.25) is 0 Å². The second-order valence-corrected chi connectivity index (χ2v) is 7.13. The van der Waals surface area contributed by atoms with Crippen molar-refractivity contribution in [2.45, 2.75) is 26.1 Å². The van der Waals surface area contributed by atoms with E-state index in [-0.39, 0.29) is 11.6 Å². The third kappa shape index (κ3) is 3.21. The molecular formula is C15H18N4O3S. The Morgan fingerprint density at radius 1 is 1.35 bits per heavy atom. The Bertz CT molecular complexity index is 884. The van der Waals surface area contributed by atoms with Gasteiger partial charge in [0.25, 0.3) is 10.0 Å². The monoisotopic (exact) mass is 334 g/mol. The summed E-state index contributed by atoms with van der Waals surface area (Å²) in [6.07, 6.45) is 0. The van der Waals surface area contributed by atoms with Gasteiger partial charge in [-0.05, 0) is 31.5 Å². The van der Waals surface area contributed by atoms with Crippen molar-refractivity contribution >= 4 is 15.9 Å². The van der Waals surface area contributed by atoms with Crippen molar-refractivity contribution < 1.29 is 13.2 Å². The summed E-state index contributed by atoms with van der Waals surface area (Å²) in [5.74, 6) is 0.366. The van der Waals surface area contributed by atoms with Crippen molar-refractivity contribution in [3.63, 3.8) is 0 Å². The maximum atomic E-state index is 11.7. The fraction of sp³-hybridized carbons (Fsp3) is 0.333. The topological polar surface area (TPSA) is 99.6 Å². The standard InChI is InChI=1S/C15H18N4O3S/c1-10-8-11(2)19(17-10)6-7-22-13-5-3-4-12-9-23(20,21)18-15(16)14(12)13/h3-5,8H,6-7,9H2,1-2H3,(H2,16,18). The molecule has 0 aliphatic carbocycles. The molecule has 3 rings (SSSR count). The molecule has 7 nitrogen and oxygen atoms in total. The number of fused-ring (bicyclic) bond motifs is 1. The van der Waals surface area contributed by atoms with Crippen LogP contribution in [0.5, 0.6) is 5.75 Å². The van der Waals surface area contributed by atoms with Gasteiger partial charge in [0.15, 0.2) is 0 Å². The van der Waals surface area contributed by atoms with Gasteiger partial charge in [-0.25, -0.2) is 8.42 Å². The van der Waals surface area contributed by atoms with E-state index in [0.29, 0.717) is 30.0 Å². The van der Waals surface area contributed by atoms with E-state index in [9.17, 15) is 8.42 Å². The second-order valence-electron chi connectivity index (χ2n) is 5.49. The Labute approximate surface area is 134 Å². The summed E-state index contributed by atoms with van der Waals surface area (Å²) in [6.45, 7) is 4.92. The lowest BCUT2D eigenvalue weighted by atomic mass is 10.1. The number of aryl methyl sites for hydroxylation is 2. The molecule has 1 aliphatic rings. The third-order valence-electron chi connectivity index (χ3n) is 3.61. The van der Waals surface area contributed by atoms with Crippen LogP contribution in [0.15, 0.2) is 28.7 Å². The van der Waals surface area contributed by atoms with Crippen molar-refractivity contribution in [2.75, 3.05) is 6.61 Å². The quantitative estimate of drug-likeness (QED) is 0.903. The highest BCUT2D eigenvalue weighted by Gasteiger charge is 2.25. The van der Waals surface area contributed by atoms with Crippen molar-refractivity contribution in [3.8, 4) is 5.75 Å². The van der Waals surface area contributed by atoms with E-state index in [2.05, 4.69) is 9.50 Å². The number of hydrogen-bond donors (Lipinski definition) is 1. The average molecular weight is 334 g/mol. The zero-order chi connectivity index (χ0) is 16.6. The number of nitrogens with two attached hydrogens (primary N) is 1. The van der Waals surface area contributed by atoms with Gasteiger partial charge in [0.05, 0.1) is 23.6 Å². The van der Waals surface area contributed by atoms with E-state index in [4.69, 9.17) is 10.5 Å². The molecule has 0 amide bonds. The van der Waals surface area contributed by atoms with E-state index >= 15 is 0 Å². The van der Waals surface area contributed by atoms with Crippen LogP contribution in [0.1, 0.15) is 22.5 Å². The van der Waals surface area contributed by atoms with Gasteiger partial charge in [-0.2, -0.15) is 5.10 Å². The molecule has 2 aromatic rings. The van der Waals surface area contributed by atoms with Crippen LogP contribution >= 0.6 is 0 Å². The van der Waals surface area contributed by atoms with E-state index in [1.807, 2.05) is 24.6 Å². The zero-order valence-electron chi connectivity index (χ0n) is 13.0. The fourth-order valence-corrected chi connectivity index (χ4v) is 3.76. The van der Waals surface area contributed by atoms with Crippen LogP contribution in [0.3, 0.4) is 0 Å². The number of rotatable bonds is 4. The lowest BCUT2D eigenvalue weighted by Gasteiger charge is -2.18. The van der Waals surface area contributed by atoms with Crippen LogP contribution in [0.25, 0.3) is 0 Å². The number of benzene rings is 1. The van der Waals surface area contributed by atoms with Crippen LogP contribution in [0.4, 0.5) is 0 Å². The molecule has 23 heavy (non-hydrogen) atoms. The molecule has 0 spiro atoms. The van der Waals surface area contributed by atoms with Gasteiger partial charge < -0.3 is 10.5 Å². The Hall–Kier alpha value is -2.35. The first-order chi connectivity index (χ1) is 10.9. The van der Waals surface area contributed by atoms with E-state index in [1.165, 1.54) is 0 Å². The lowest BCUT2D eigenvalue weighted by Crippen LogP contribution is -2.25. The summed E-state index contributed by atoms with van der Waals surface area (Å²) in [4.78, 5) is 0. The number of hydrogen-bond acceptors (Lipinski definition) is 5. The number of amidine groups is 1. The third-order valence-corrected chi connectivity index (χ3v) is 4.76. The molecule has 1 aromatic carbocycles. The first-order valence-electron chi connectivity index (χ1n) is 7.20. The summed E-state index contributed by atoms with van der Waals surface area (Å²) < 4.78 is 34.5. The van der Waals surface area contributed by atoms with E-state index < -0.39 is 10.0 Å². The molecule has 2 heterocycles. The molecule has 1 aromatic heterocycles. The molecule has 0 fully saturated rings. The summed E-state index contributed by atoms with van der Waals surface area (Å²) in [6, 6.07) is 7.24. The van der Waals surface area contributed by atoms with Crippen LogP contribution in [0, 0.1) is 13.8 Å². The highest BCUT2D eigenvalue weighted by atomic mass is 32.2. The van der Waals surface area contributed by atoms with Gasteiger partial charge in [-0.3, -0.25) is 4.68 Å². The molecular weight excluding hydrogens is 316 g/mol. The van der Waals surface area contributed by atoms with Crippen molar-refractivity contribution in [2.24, 2.45) is 10.1 Å². The Morgan fingerprint density at radius 3 is 2.83 bits per heavy atom. The van der Waals surface area contributed by atoms with Gasteiger partial charge in [-0.1, -0.05) is 12.1 Å².